The highest BCUT2D eigenvalue weighted by molar-refractivity contribution is 5.98. The Morgan fingerprint density at radius 1 is 1.28 bits per heavy atom. The third-order valence-electron chi connectivity index (χ3n) is 5.15. The molecule has 0 saturated heterocycles. The van der Waals surface area contributed by atoms with E-state index in [9.17, 15) is 9.90 Å². The van der Waals surface area contributed by atoms with E-state index in [2.05, 4.69) is 20.5 Å². The second-order valence-electron chi connectivity index (χ2n) is 7.09. The number of rotatable bonds is 5. The molecule has 2 aliphatic heterocycles. The lowest BCUT2D eigenvalue weighted by Gasteiger charge is -2.29. The van der Waals surface area contributed by atoms with Crippen molar-refractivity contribution < 1.29 is 14.6 Å². The fourth-order valence-corrected chi connectivity index (χ4v) is 3.73. The molecule has 2 aliphatic rings. The van der Waals surface area contributed by atoms with Crippen molar-refractivity contribution in [3.63, 3.8) is 0 Å². The van der Waals surface area contributed by atoms with Gasteiger partial charge in [-0.25, -0.2) is 14.3 Å². The lowest BCUT2D eigenvalue weighted by molar-refractivity contribution is -0.122. The lowest BCUT2D eigenvalue weighted by atomic mass is 10.1. The van der Waals surface area contributed by atoms with Crippen molar-refractivity contribution in [2.45, 2.75) is 31.8 Å². The maximum absolute atomic E-state index is 13.0. The zero-order chi connectivity index (χ0) is 19.8. The van der Waals surface area contributed by atoms with E-state index in [1.54, 1.807) is 26.8 Å². The topological polar surface area (TPSA) is 110 Å². The van der Waals surface area contributed by atoms with Crippen LogP contribution >= 0.6 is 0 Å². The fraction of sp³-hybridized carbons (Fsp3) is 0.368. The van der Waals surface area contributed by atoms with Crippen molar-refractivity contribution >= 4 is 11.7 Å². The summed E-state index contributed by atoms with van der Waals surface area (Å²) in [4.78, 5) is 18.9. The Balaban J connectivity index is 1.29. The van der Waals surface area contributed by atoms with Crippen molar-refractivity contribution in [2.24, 2.45) is 0 Å². The minimum atomic E-state index is -1.15. The summed E-state index contributed by atoms with van der Waals surface area (Å²) in [7, 11) is 0. The number of aliphatic hydroxyl groups is 1. The third kappa shape index (κ3) is 3.36. The largest absolute Gasteiger partial charge is 0.486 e. The predicted octanol–water partition coefficient (Wildman–Crippen LogP) is 0.301. The summed E-state index contributed by atoms with van der Waals surface area (Å²) < 4.78 is 9.01. The second kappa shape index (κ2) is 7.30. The molecule has 2 atom stereocenters. The van der Waals surface area contributed by atoms with Gasteiger partial charge < -0.3 is 9.84 Å². The van der Waals surface area contributed by atoms with E-state index in [1.807, 2.05) is 30.3 Å². The summed E-state index contributed by atoms with van der Waals surface area (Å²) in [5, 5.41) is 22.2. The quantitative estimate of drug-likeness (QED) is 0.598. The molecule has 0 aliphatic carbocycles. The average molecular weight is 395 g/mol. The highest BCUT2D eigenvalue weighted by atomic mass is 16.5. The van der Waals surface area contributed by atoms with Gasteiger partial charge >= 0.3 is 0 Å². The predicted molar refractivity (Wildman–Crippen MR) is 102 cm³/mol. The number of carbonyl (C=O) groups is 1. The fourth-order valence-electron chi connectivity index (χ4n) is 3.73. The van der Waals surface area contributed by atoms with Gasteiger partial charge in [0.05, 0.1) is 25.3 Å². The molecule has 0 radical (unpaired) electrons. The molecule has 150 valence electrons. The van der Waals surface area contributed by atoms with Gasteiger partial charge in [-0.1, -0.05) is 30.3 Å². The molecule has 3 aromatic rings. The van der Waals surface area contributed by atoms with Gasteiger partial charge in [-0.05, 0) is 12.0 Å². The van der Waals surface area contributed by atoms with Gasteiger partial charge in [-0.2, -0.15) is 10.2 Å². The van der Waals surface area contributed by atoms with Gasteiger partial charge in [-0.3, -0.25) is 15.0 Å². The minimum Gasteiger partial charge on any atom is -0.486 e. The average Bonchev–Trinajstić information content (AvgIpc) is 3.35. The number of anilines is 1. The van der Waals surface area contributed by atoms with Gasteiger partial charge in [0.1, 0.15) is 12.9 Å². The molecular formula is C19H21N7O3. The second-order valence-corrected chi connectivity index (χ2v) is 7.09. The van der Waals surface area contributed by atoms with Crippen molar-refractivity contribution in [3.05, 3.63) is 54.2 Å². The molecule has 0 saturated carbocycles. The van der Waals surface area contributed by atoms with Gasteiger partial charge in [0.15, 0.2) is 23.6 Å². The Kier molecular flexibility index (Phi) is 4.49. The number of amides is 1. The van der Waals surface area contributed by atoms with Crippen molar-refractivity contribution in [1.82, 2.24) is 29.9 Å². The van der Waals surface area contributed by atoms with E-state index in [0.29, 0.717) is 44.2 Å². The first kappa shape index (κ1) is 17.8. The SMILES string of the molecule is O=C1C(NC(O)c2ncn(Cc3ccccc3)n2)CCn2ncc3c2N1CCO3. The number of aromatic nitrogens is 5. The summed E-state index contributed by atoms with van der Waals surface area (Å²) in [5.74, 6) is 1.42. The molecule has 29 heavy (non-hydrogen) atoms. The number of nitrogens with one attached hydrogen (secondary N) is 1. The van der Waals surface area contributed by atoms with E-state index in [1.165, 1.54) is 0 Å². The van der Waals surface area contributed by atoms with Crippen LogP contribution in [-0.4, -0.2) is 54.8 Å². The molecule has 0 spiro atoms. The first-order chi connectivity index (χ1) is 14.2. The molecule has 5 rings (SSSR count). The monoisotopic (exact) mass is 395 g/mol. The van der Waals surface area contributed by atoms with E-state index < -0.39 is 12.3 Å². The zero-order valence-electron chi connectivity index (χ0n) is 15.7. The number of nitrogens with zero attached hydrogens (tertiary/aromatic N) is 6. The first-order valence-electron chi connectivity index (χ1n) is 9.56. The zero-order valence-corrected chi connectivity index (χ0v) is 15.7. The minimum absolute atomic E-state index is 0.114. The maximum atomic E-state index is 13.0. The summed E-state index contributed by atoms with van der Waals surface area (Å²) in [6.07, 6.45) is 2.56. The van der Waals surface area contributed by atoms with Crippen LogP contribution in [0.3, 0.4) is 0 Å². The van der Waals surface area contributed by atoms with Crippen LogP contribution in [0.2, 0.25) is 0 Å². The Hall–Kier alpha value is -3.24. The van der Waals surface area contributed by atoms with Crippen LogP contribution in [0.1, 0.15) is 24.0 Å². The van der Waals surface area contributed by atoms with E-state index in [4.69, 9.17) is 4.74 Å². The Labute approximate surface area is 166 Å². The van der Waals surface area contributed by atoms with Crippen LogP contribution in [0.4, 0.5) is 5.82 Å². The van der Waals surface area contributed by atoms with Crippen LogP contribution in [-0.2, 0) is 17.9 Å². The highest BCUT2D eigenvalue weighted by Crippen LogP contribution is 2.34. The van der Waals surface area contributed by atoms with Crippen molar-refractivity contribution in [1.29, 1.82) is 0 Å². The molecule has 1 amide bonds. The molecule has 1 aromatic carbocycles. The van der Waals surface area contributed by atoms with Gasteiger partial charge in [0.2, 0.25) is 5.91 Å². The molecular weight excluding hydrogens is 374 g/mol. The molecule has 0 bridgehead atoms. The summed E-state index contributed by atoms with van der Waals surface area (Å²) in [6, 6.07) is 9.31. The van der Waals surface area contributed by atoms with E-state index in [0.717, 1.165) is 5.56 Å². The van der Waals surface area contributed by atoms with Gasteiger partial charge in [0.25, 0.3) is 0 Å². The number of hydrogen-bond acceptors (Lipinski definition) is 7. The van der Waals surface area contributed by atoms with Crippen molar-refractivity contribution in [3.8, 4) is 5.75 Å². The van der Waals surface area contributed by atoms with E-state index in [-0.39, 0.29) is 11.7 Å². The Morgan fingerprint density at radius 3 is 3.00 bits per heavy atom. The summed E-state index contributed by atoms with van der Waals surface area (Å²) in [5.41, 5.74) is 1.09. The molecule has 2 aromatic heterocycles. The van der Waals surface area contributed by atoms with Crippen LogP contribution in [0, 0.1) is 0 Å². The number of ether oxygens (including phenoxy) is 1. The molecule has 10 heteroatoms. The lowest BCUT2D eigenvalue weighted by Crippen LogP contribution is -2.49. The number of hydrogen-bond donors (Lipinski definition) is 2. The normalized spacial score (nSPS) is 19.4. The third-order valence-corrected chi connectivity index (χ3v) is 5.15. The maximum Gasteiger partial charge on any atom is 0.245 e. The van der Waals surface area contributed by atoms with E-state index >= 15 is 0 Å². The van der Waals surface area contributed by atoms with Crippen LogP contribution in [0.25, 0.3) is 0 Å². The molecule has 0 fully saturated rings. The van der Waals surface area contributed by atoms with Crippen LogP contribution in [0.5, 0.6) is 5.75 Å². The van der Waals surface area contributed by atoms with Crippen LogP contribution in [0.15, 0.2) is 42.9 Å². The number of aliphatic hydroxyl groups excluding tert-OH is 1. The standard InChI is InChI=1S/C19H21N7O3/c27-17(16-20-12-24(23-16)11-13-4-2-1-3-5-13)22-14-6-7-26-18-15(10-21-26)29-9-8-25(18)19(14)28/h1-5,10,12,14,17,22,27H,6-9,11H2. The first-order valence-corrected chi connectivity index (χ1v) is 9.56. The van der Waals surface area contributed by atoms with Gasteiger partial charge in [-0.15, -0.1) is 0 Å². The molecule has 4 heterocycles. The van der Waals surface area contributed by atoms with Crippen molar-refractivity contribution in [2.75, 3.05) is 18.1 Å². The van der Waals surface area contributed by atoms with Crippen LogP contribution < -0.4 is 15.0 Å². The summed E-state index contributed by atoms with van der Waals surface area (Å²) >= 11 is 0. The molecule has 2 unspecified atom stereocenters. The molecule has 10 nitrogen and oxygen atoms in total. The van der Waals surface area contributed by atoms with Gasteiger partial charge in [0, 0.05) is 6.54 Å². The Morgan fingerprint density at radius 2 is 2.14 bits per heavy atom. The number of carbonyl (C=O) groups excluding carboxylic acids is 1. The number of aryl methyl sites for hydroxylation is 1. The highest BCUT2D eigenvalue weighted by Gasteiger charge is 2.36. The Bertz CT molecular complexity index is 1020. The number of benzene rings is 1. The summed E-state index contributed by atoms with van der Waals surface area (Å²) in [6.45, 7) is 1.97. The smallest absolute Gasteiger partial charge is 0.245 e. The molecule has 2 N–H and O–H groups in total.